The summed E-state index contributed by atoms with van der Waals surface area (Å²) in [6.45, 7) is 1.85. The molecule has 4 aromatic heterocycles. The summed E-state index contributed by atoms with van der Waals surface area (Å²) in [5, 5.41) is 17.5. The zero-order chi connectivity index (χ0) is 13.5. The Hall–Kier alpha value is -2.61. The maximum Gasteiger partial charge on any atom is 0.235 e. The highest BCUT2D eigenvalue weighted by Gasteiger charge is 2.16. The van der Waals surface area contributed by atoms with Gasteiger partial charge in [0, 0.05) is 24.0 Å². The van der Waals surface area contributed by atoms with Gasteiger partial charge >= 0.3 is 0 Å². The van der Waals surface area contributed by atoms with E-state index in [1.165, 1.54) is 11.3 Å². The second-order valence-electron chi connectivity index (χ2n) is 4.19. The second kappa shape index (κ2) is 4.20. The minimum absolute atomic E-state index is 0.663. The minimum atomic E-state index is 0.663. The van der Waals surface area contributed by atoms with Crippen molar-refractivity contribution in [2.75, 3.05) is 0 Å². The van der Waals surface area contributed by atoms with E-state index in [4.69, 9.17) is 4.52 Å². The summed E-state index contributed by atoms with van der Waals surface area (Å²) in [4.78, 5) is 4.79. The minimum Gasteiger partial charge on any atom is -0.361 e. The molecule has 0 aliphatic heterocycles. The van der Waals surface area contributed by atoms with E-state index < -0.39 is 0 Å². The Morgan fingerprint density at radius 3 is 3.00 bits per heavy atom. The van der Waals surface area contributed by atoms with Crippen LogP contribution >= 0.6 is 11.3 Å². The van der Waals surface area contributed by atoms with Crippen LogP contribution < -0.4 is 0 Å². The van der Waals surface area contributed by atoms with Gasteiger partial charge in [-0.15, -0.1) is 10.2 Å². The monoisotopic (exact) mass is 284 g/mol. The van der Waals surface area contributed by atoms with Gasteiger partial charge in [0.2, 0.25) is 4.96 Å². The molecule has 4 rings (SSSR count). The Morgan fingerprint density at radius 1 is 1.30 bits per heavy atom. The molecule has 0 N–H and O–H groups in total. The fourth-order valence-electron chi connectivity index (χ4n) is 1.86. The third-order valence-corrected chi connectivity index (χ3v) is 3.68. The SMILES string of the molecule is Cc1cc(-c2nn3c(-c4cccnc4)nnc3s2)no1. The van der Waals surface area contributed by atoms with Crippen LogP contribution in [0.25, 0.3) is 27.1 Å². The molecule has 0 saturated heterocycles. The number of nitrogens with zero attached hydrogens (tertiary/aromatic N) is 6. The van der Waals surface area contributed by atoms with Gasteiger partial charge in [-0.05, 0) is 19.1 Å². The first-order chi connectivity index (χ1) is 9.81. The van der Waals surface area contributed by atoms with Crippen LogP contribution in [0.15, 0.2) is 35.1 Å². The molecule has 0 saturated carbocycles. The van der Waals surface area contributed by atoms with Gasteiger partial charge in [0.25, 0.3) is 0 Å². The summed E-state index contributed by atoms with van der Waals surface area (Å²) in [7, 11) is 0. The highest BCUT2D eigenvalue weighted by atomic mass is 32.1. The van der Waals surface area contributed by atoms with Crippen LogP contribution in [0.5, 0.6) is 0 Å². The van der Waals surface area contributed by atoms with Gasteiger partial charge in [-0.3, -0.25) is 4.98 Å². The molecule has 0 aliphatic rings. The number of pyridine rings is 1. The van der Waals surface area contributed by atoms with Gasteiger partial charge < -0.3 is 4.52 Å². The molecule has 4 aromatic rings. The average molecular weight is 284 g/mol. The first-order valence-electron chi connectivity index (χ1n) is 5.87. The number of hydrogen-bond donors (Lipinski definition) is 0. The molecule has 4 heterocycles. The van der Waals surface area contributed by atoms with Crippen molar-refractivity contribution in [3.63, 3.8) is 0 Å². The number of aryl methyl sites for hydroxylation is 1. The summed E-state index contributed by atoms with van der Waals surface area (Å²) in [5.41, 5.74) is 1.57. The van der Waals surface area contributed by atoms with Crippen LogP contribution in [0.3, 0.4) is 0 Å². The molecule has 0 fully saturated rings. The maximum atomic E-state index is 5.07. The van der Waals surface area contributed by atoms with Gasteiger partial charge in [0.15, 0.2) is 10.8 Å². The summed E-state index contributed by atoms with van der Waals surface area (Å²) in [6.07, 6.45) is 3.45. The van der Waals surface area contributed by atoms with Crippen molar-refractivity contribution >= 4 is 16.3 Å². The zero-order valence-corrected chi connectivity index (χ0v) is 11.2. The molecule has 0 spiro atoms. The lowest BCUT2D eigenvalue weighted by molar-refractivity contribution is 0.399. The summed E-state index contributed by atoms with van der Waals surface area (Å²) in [5.74, 6) is 1.41. The highest BCUT2D eigenvalue weighted by molar-refractivity contribution is 7.19. The van der Waals surface area contributed by atoms with Gasteiger partial charge in [-0.2, -0.15) is 9.61 Å². The first kappa shape index (κ1) is 11.2. The third-order valence-electron chi connectivity index (χ3n) is 2.76. The van der Waals surface area contributed by atoms with E-state index >= 15 is 0 Å². The Labute approximate surface area is 116 Å². The van der Waals surface area contributed by atoms with Gasteiger partial charge in [0.05, 0.1) is 0 Å². The van der Waals surface area contributed by atoms with Crippen molar-refractivity contribution in [2.45, 2.75) is 6.92 Å². The molecule has 0 radical (unpaired) electrons. The van der Waals surface area contributed by atoms with E-state index in [1.807, 2.05) is 25.1 Å². The van der Waals surface area contributed by atoms with Crippen molar-refractivity contribution < 1.29 is 4.52 Å². The van der Waals surface area contributed by atoms with Gasteiger partial charge in [-0.1, -0.05) is 16.5 Å². The Bertz CT molecular complexity index is 878. The number of aromatic nitrogens is 6. The first-order valence-corrected chi connectivity index (χ1v) is 6.69. The largest absolute Gasteiger partial charge is 0.361 e. The van der Waals surface area contributed by atoms with Crippen LogP contribution in [-0.4, -0.2) is 30.0 Å². The predicted molar refractivity (Wildman–Crippen MR) is 72.1 cm³/mol. The van der Waals surface area contributed by atoms with Crippen molar-refractivity contribution in [3.8, 4) is 22.1 Å². The van der Waals surface area contributed by atoms with Crippen LogP contribution in [0, 0.1) is 6.92 Å². The summed E-state index contributed by atoms with van der Waals surface area (Å²) in [6, 6.07) is 5.61. The van der Waals surface area contributed by atoms with Crippen molar-refractivity contribution in [1.29, 1.82) is 0 Å². The number of rotatable bonds is 2. The molecule has 8 heteroatoms. The smallest absolute Gasteiger partial charge is 0.235 e. The Balaban J connectivity index is 1.87. The average Bonchev–Trinajstić information content (AvgIpc) is 3.13. The molecule has 0 aliphatic carbocycles. The molecule has 0 atom stereocenters. The Morgan fingerprint density at radius 2 is 2.25 bits per heavy atom. The molecule has 0 amide bonds. The molecule has 7 nitrogen and oxygen atoms in total. The highest BCUT2D eigenvalue weighted by Crippen LogP contribution is 2.27. The van der Waals surface area contributed by atoms with Crippen molar-refractivity contribution in [1.82, 2.24) is 30.0 Å². The third kappa shape index (κ3) is 1.69. The number of hydrogen-bond acceptors (Lipinski definition) is 7. The van der Waals surface area contributed by atoms with E-state index in [-0.39, 0.29) is 0 Å². The number of fused-ring (bicyclic) bond motifs is 1. The molecular weight excluding hydrogens is 276 g/mol. The molecule has 0 unspecified atom stereocenters. The quantitative estimate of drug-likeness (QED) is 0.561. The van der Waals surface area contributed by atoms with E-state index in [9.17, 15) is 0 Å². The Kier molecular flexibility index (Phi) is 2.36. The van der Waals surface area contributed by atoms with Crippen molar-refractivity contribution in [2.24, 2.45) is 0 Å². The van der Waals surface area contributed by atoms with Crippen LogP contribution in [0.1, 0.15) is 5.76 Å². The summed E-state index contributed by atoms with van der Waals surface area (Å²) < 4.78 is 6.76. The van der Waals surface area contributed by atoms with Gasteiger partial charge in [0.1, 0.15) is 11.5 Å². The maximum absolute atomic E-state index is 5.07. The van der Waals surface area contributed by atoms with Gasteiger partial charge in [-0.25, -0.2) is 0 Å². The normalized spacial score (nSPS) is 11.2. The second-order valence-corrected chi connectivity index (χ2v) is 5.15. The zero-order valence-electron chi connectivity index (χ0n) is 10.4. The van der Waals surface area contributed by atoms with E-state index in [0.29, 0.717) is 16.5 Å². The topological polar surface area (TPSA) is 82.0 Å². The standard InChI is InChI=1S/C12H8N6OS/c1-7-5-9(17-19-7)11-16-18-10(14-15-12(18)20-11)8-3-2-4-13-6-8/h2-6H,1H3. The predicted octanol–water partition coefficient (Wildman–Crippen LogP) is 2.21. The van der Waals surface area contributed by atoms with Crippen LogP contribution in [0.4, 0.5) is 0 Å². The van der Waals surface area contributed by atoms with E-state index in [0.717, 1.165) is 16.3 Å². The van der Waals surface area contributed by atoms with E-state index in [2.05, 4.69) is 25.4 Å². The lowest BCUT2D eigenvalue weighted by atomic mass is 10.3. The lowest BCUT2D eigenvalue weighted by Crippen LogP contribution is -1.91. The van der Waals surface area contributed by atoms with Crippen LogP contribution in [0.2, 0.25) is 0 Å². The lowest BCUT2D eigenvalue weighted by Gasteiger charge is -1.94. The molecule has 98 valence electrons. The fourth-order valence-corrected chi connectivity index (χ4v) is 2.65. The van der Waals surface area contributed by atoms with Crippen LogP contribution in [-0.2, 0) is 0 Å². The molecular formula is C12H8N6OS. The summed E-state index contributed by atoms with van der Waals surface area (Å²) >= 11 is 1.41. The fraction of sp³-hybridized carbons (Fsp3) is 0.0833. The molecule has 0 bridgehead atoms. The van der Waals surface area contributed by atoms with E-state index in [1.54, 1.807) is 16.9 Å². The molecule has 0 aromatic carbocycles. The molecule has 20 heavy (non-hydrogen) atoms. The van der Waals surface area contributed by atoms with Crippen molar-refractivity contribution in [3.05, 3.63) is 36.4 Å².